The highest BCUT2D eigenvalue weighted by molar-refractivity contribution is 7.71. The Morgan fingerprint density at radius 1 is 1.00 bits per heavy atom. The van der Waals surface area contributed by atoms with E-state index in [1.165, 1.54) is 11.1 Å². The van der Waals surface area contributed by atoms with Crippen LogP contribution in [-0.2, 0) is 6.42 Å². The lowest BCUT2D eigenvalue weighted by Crippen LogP contribution is -2.05. The number of hydrogen-bond donors (Lipinski definition) is 1. The number of methoxy groups -OCH3 is 1. The normalized spacial score (nSPS) is 11.2. The van der Waals surface area contributed by atoms with E-state index in [1.807, 2.05) is 28.8 Å². The predicted octanol–water partition coefficient (Wildman–Crippen LogP) is 5.46. The van der Waals surface area contributed by atoms with Gasteiger partial charge in [0.05, 0.1) is 30.6 Å². The smallest absolute Gasteiger partial charge is 0.199 e. The summed E-state index contributed by atoms with van der Waals surface area (Å²) in [5.74, 6) is 1.57. The highest BCUT2D eigenvalue weighted by Crippen LogP contribution is 2.28. The summed E-state index contributed by atoms with van der Waals surface area (Å²) in [4.78, 5) is 4.96. The second kappa shape index (κ2) is 8.09. The first-order chi connectivity index (χ1) is 15.5. The Morgan fingerprint density at radius 2 is 1.78 bits per heavy atom. The van der Waals surface area contributed by atoms with Gasteiger partial charge in [0.2, 0.25) is 0 Å². The second-order valence-electron chi connectivity index (χ2n) is 7.87. The molecule has 0 aliphatic rings. The second-order valence-corrected chi connectivity index (χ2v) is 8.25. The summed E-state index contributed by atoms with van der Waals surface area (Å²) < 4.78 is 10.0. The van der Waals surface area contributed by atoms with E-state index in [2.05, 4.69) is 71.0 Å². The number of fused-ring (bicyclic) bond motifs is 1. The molecule has 0 aliphatic heterocycles. The molecule has 160 valence electrons. The van der Waals surface area contributed by atoms with Gasteiger partial charge in [-0.15, -0.1) is 0 Å². The van der Waals surface area contributed by atoms with Gasteiger partial charge in [0.1, 0.15) is 17.2 Å². The van der Waals surface area contributed by atoms with Gasteiger partial charge in [0.25, 0.3) is 0 Å². The van der Waals surface area contributed by atoms with Crippen LogP contribution in [-0.4, -0.2) is 31.3 Å². The van der Waals surface area contributed by atoms with Crippen LogP contribution < -0.4 is 4.74 Å². The zero-order valence-electron chi connectivity index (χ0n) is 18.2. The SMILES string of the molecule is COc1cccc(-n2c(Cc3c(-c4ccc(C)cc4)nc4ccc(C)cn34)n[nH]c2=S)c1. The number of ether oxygens (including phenoxy) is 1. The maximum Gasteiger partial charge on any atom is 0.199 e. The minimum Gasteiger partial charge on any atom is -0.497 e. The van der Waals surface area contributed by atoms with Crippen molar-refractivity contribution in [2.75, 3.05) is 7.11 Å². The maximum absolute atomic E-state index is 5.57. The molecule has 0 radical (unpaired) electrons. The van der Waals surface area contributed by atoms with Crippen LogP contribution in [0.4, 0.5) is 0 Å². The number of H-pyrrole nitrogens is 1. The van der Waals surface area contributed by atoms with Crippen LogP contribution in [0.2, 0.25) is 0 Å². The van der Waals surface area contributed by atoms with E-state index in [4.69, 9.17) is 21.9 Å². The van der Waals surface area contributed by atoms with E-state index in [-0.39, 0.29) is 0 Å². The first kappa shape index (κ1) is 20.2. The van der Waals surface area contributed by atoms with Crippen LogP contribution >= 0.6 is 12.2 Å². The monoisotopic (exact) mass is 441 g/mol. The molecule has 0 spiro atoms. The minimum absolute atomic E-state index is 0.537. The molecule has 0 saturated carbocycles. The number of imidazole rings is 1. The van der Waals surface area contributed by atoms with Crippen LogP contribution in [0.25, 0.3) is 22.6 Å². The van der Waals surface area contributed by atoms with Crippen LogP contribution in [0.3, 0.4) is 0 Å². The molecule has 6 nitrogen and oxygen atoms in total. The lowest BCUT2D eigenvalue weighted by atomic mass is 10.1. The van der Waals surface area contributed by atoms with Crippen LogP contribution in [0, 0.1) is 18.6 Å². The van der Waals surface area contributed by atoms with Crippen molar-refractivity contribution in [2.24, 2.45) is 0 Å². The fraction of sp³-hybridized carbons (Fsp3) is 0.160. The zero-order chi connectivity index (χ0) is 22.2. The molecule has 0 saturated heterocycles. The van der Waals surface area contributed by atoms with Gasteiger partial charge in [-0.3, -0.25) is 9.67 Å². The average molecular weight is 442 g/mol. The maximum atomic E-state index is 5.57. The Balaban J connectivity index is 1.68. The lowest BCUT2D eigenvalue weighted by molar-refractivity contribution is 0.414. The summed E-state index contributed by atoms with van der Waals surface area (Å²) >= 11 is 5.57. The number of nitrogens with zero attached hydrogens (tertiary/aromatic N) is 4. The highest BCUT2D eigenvalue weighted by atomic mass is 32.1. The Bertz CT molecular complexity index is 1480. The largest absolute Gasteiger partial charge is 0.497 e. The Morgan fingerprint density at radius 3 is 2.56 bits per heavy atom. The first-order valence-electron chi connectivity index (χ1n) is 10.4. The topological polar surface area (TPSA) is 60.1 Å². The van der Waals surface area contributed by atoms with Crippen molar-refractivity contribution in [3.05, 3.63) is 94.3 Å². The number of rotatable bonds is 5. The van der Waals surface area contributed by atoms with Gasteiger partial charge in [-0.1, -0.05) is 42.0 Å². The Kier molecular flexibility index (Phi) is 5.11. The van der Waals surface area contributed by atoms with Crippen molar-refractivity contribution < 1.29 is 4.74 Å². The third-order valence-corrected chi connectivity index (χ3v) is 5.84. The van der Waals surface area contributed by atoms with Gasteiger partial charge in [-0.05, 0) is 49.8 Å². The Hall–Kier alpha value is -3.71. The molecule has 3 heterocycles. The number of aryl methyl sites for hydroxylation is 2. The highest BCUT2D eigenvalue weighted by Gasteiger charge is 2.18. The summed E-state index contributed by atoms with van der Waals surface area (Å²) in [7, 11) is 1.66. The molecule has 5 rings (SSSR count). The van der Waals surface area contributed by atoms with Crippen molar-refractivity contribution in [3.8, 4) is 22.7 Å². The molecule has 7 heteroatoms. The van der Waals surface area contributed by atoms with Gasteiger partial charge in [0, 0.05) is 17.8 Å². The van der Waals surface area contributed by atoms with E-state index < -0.39 is 0 Å². The number of pyridine rings is 1. The lowest BCUT2D eigenvalue weighted by Gasteiger charge is -2.10. The van der Waals surface area contributed by atoms with Gasteiger partial charge >= 0.3 is 0 Å². The molecule has 32 heavy (non-hydrogen) atoms. The standard InChI is InChI=1S/C25H23N5OS/c1-16-7-10-18(11-8-16)24-21(29-15-17(2)9-12-22(29)26-24)14-23-27-28-25(32)30(23)19-5-4-6-20(13-19)31-3/h4-13,15H,14H2,1-3H3,(H,28,32). The molecule has 0 fully saturated rings. The molecule has 1 N–H and O–H groups in total. The summed E-state index contributed by atoms with van der Waals surface area (Å²) in [6.45, 7) is 4.17. The van der Waals surface area contributed by atoms with Gasteiger partial charge in [0.15, 0.2) is 4.77 Å². The number of benzene rings is 2. The summed E-state index contributed by atoms with van der Waals surface area (Å²) in [6, 6.07) is 20.4. The van der Waals surface area contributed by atoms with Gasteiger partial charge in [-0.2, -0.15) is 5.10 Å². The van der Waals surface area contributed by atoms with Crippen LogP contribution in [0.5, 0.6) is 5.75 Å². The van der Waals surface area contributed by atoms with Crippen molar-refractivity contribution >= 4 is 17.9 Å². The Labute approximate surface area is 191 Å². The molecule has 5 aromatic rings. The van der Waals surface area contributed by atoms with E-state index in [9.17, 15) is 0 Å². The van der Waals surface area contributed by atoms with Crippen LogP contribution in [0.1, 0.15) is 22.6 Å². The number of hydrogen-bond acceptors (Lipinski definition) is 4. The van der Waals surface area contributed by atoms with Crippen molar-refractivity contribution in [2.45, 2.75) is 20.3 Å². The summed E-state index contributed by atoms with van der Waals surface area (Å²) in [5, 5.41) is 7.52. The molecule has 3 aromatic heterocycles. The van der Waals surface area contributed by atoms with Gasteiger partial charge in [-0.25, -0.2) is 4.98 Å². The molecular weight excluding hydrogens is 418 g/mol. The molecule has 0 aliphatic carbocycles. The van der Waals surface area contributed by atoms with Gasteiger partial charge < -0.3 is 9.14 Å². The fourth-order valence-corrected chi connectivity index (χ4v) is 4.18. The molecule has 0 amide bonds. The zero-order valence-corrected chi connectivity index (χ0v) is 19.0. The van der Waals surface area contributed by atoms with Crippen molar-refractivity contribution in [3.63, 3.8) is 0 Å². The van der Waals surface area contributed by atoms with E-state index in [0.29, 0.717) is 11.2 Å². The molecule has 0 unspecified atom stereocenters. The van der Waals surface area contributed by atoms with E-state index in [0.717, 1.165) is 39.9 Å². The first-order valence-corrected chi connectivity index (χ1v) is 10.8. The molecular formula is C25H23N5OS. The number of aromatic amines is 1. The number of aromatic nitrogens is 5. The molecule has 2 aromatic carbocycles. The third-order valence-electron chi connectivity index (χ3n) is 5.57. The predicted molar refractivity (Wildman–Crippen MR) is 128 cm³/mol. The van der Waals surface area contributed by atoms with Crippen molar-refractivity contribution in [1.82, 2.24) is 24.1 Å². The average Bonchev–Trinajstić information content (AvgIpc) is 3.34. The van der Waals surface area contributed by atoms with E-state index >= 15 is 0 Å². The molecule has 0 atom stereocenters. The summed E-state index contributed by atoms with van der Waals surface area (Å²) in [6.07, 6.45) is 2.67. The van der Waals surface area contributed by atoms with Crippen molar-refractivity contribution in [1.29, 1.82) is 0 Å². The molecule has 0 bridgehead atoms. The summed E-state index contributed by atoms with van der Waals surface area (Å²) in [5.41, 5.74) is 7.27. The fourth-order valence-electron chi connectivity index (χ4n) is 3.92. The van der Waals surface area contributed by atoms with E-state index in [1.54, 1.807) is 7.11 Å². The number of nitrogens with one attached hydrogen (secondary N) is 1. The quantitative estimate of drug-likeness (QED) is 0.368. The minimum atomic E-state index is 0.537. The third kappa shape index (κ3) is 3.61. The van der Waals surface area contributed by atoms with Crippen LogP contribution in [0.15, 0.2) is 66.9 Å².